The van der Waals surface area contributed by atoms with E-state index in [0.29, 0.717) is 17.4 Å². The fourth-order valence-electron chi connectivity index (χ4n) is 2.45. The lowest BCUT2D eigenvalue weighted by Gasteiger charge is -2.20. The number of hydrogen-bond donors (Lipinski definition) is 1. The third kappa shape index (κ3) is 4.28. The fourth-order valence-corrected chi connectivity index (χ4v) is 2.45. The molecule has 0 aliphatic rings. The maximum Gasteiger partial charge on any atom is 0.265 e. The van der Waals surface area contributed by atoms with Gasteiger partial charge in [0.05, 0.1) is 12.8 Å². The number of aryl methyl sites for hydroxylation is 1. The average Bonchev–Trinajstić information content (AvgIpc) is 2.55. The predicted octanol–water partition coefficient (Wildman–Crippen LogP) is 4.53. The first-order valence-electron chi connectivity index (χ1n) is 8.13. The Hall–Kier alpha value is -2.49. The zero-order valence-corrected chi connectivity index (χ0v) is 14.9. The smallest absolute Gasteiger partial charge is 0.265 e. The zero-order valence-electron chi connectivity index (χ0n) is 14.9. The summed E-state index contributed by atoms with van der Waals surface area (Å²) in [5, 5.41) is 2.86. The van der Waals surface area contributed by atoms with E-state index in [-0.39, 0.29) is 5.91 Å². The monoisotopic (exact) mass is 327 g/mol. The van der Waals surface area contributed by atoms with Gasteiger partial charge < -0.3 is 14.8 Å². The summed E-state index contributed by atoms with van der Waals surface area (Å²) >= 11 is 0. The van der Waals surface area contributed by atoms with Gasteiger partial charge in [0, 0.05) is 0 Å². The molecule has 128 valence electrons. The van der Waals surface area contributed by atoms with E-state index in [1.54, 1.807) is 26.2 Å². The minimum absolute atomic E-state index is 0.212. The van der Waals surface area contributed by atoms with Crippen molar-refractivity contribution in [3.05, 3.63) is 53.6 Å². The van der Waals surface area contributed by atoms with Gasteiger partial charge in [0.1, 0.15) is 11.5 Å². The predicted molar refractivity (Wildman–Crippen MR) is 97.0 cm³/mol. The Morgan fingerprint density at radius 3 is 2.42 bits per heavy atom. The van der Waals surface area contributed by atoms with Crippen molar-refractivity contribution in [3.63, 3.8) is 0 Å². The lowest BCUT2D eigenvalue weighted by atomic mass is 10.0. The third-order valence-electron chi connectivity index (χ3n) is 3.83. The zero-order chi connectivity index (χ0) is 17.7. The van der Waals surface area contributed by atoms with Gasteiger partial charge in [-0.2, -0.15) is 0 Å². The Morgan fingerprint density at radius 2 is 1.75 bits per heavy atom. The van der Waals surface area contributed by atoms with Crippen molar-refractivity contribution in [2.45, 2.75) is 39.7 Å². The molecular weight excluding hydrogens is 302 g/mol. The maximum absolute atomic E-state index is 12.5. The Kier molecular flexibility index (Phi) is 5.85. The molecule has 1 atom stereocenters. The van der Waals surface area contributed by atoms with Crippen molar-refractivity contribution >= 4 is 11.6 Å². The second-order valence-electron chi connectivity index (χ2n) is 6.15. The first-order chi connectivity index (χ1) is 11.4. The third-order valence-corrected chi connectivity index (χ3v) is 3.83. The average molecular weight is 327 g/mol. The van der Waals surface area contributed by atoms with Gasteiger partial charge in [-0.3, -0.25) is 4.79 Å². The highest BCUT2D eigenvalue weighted by Crippen LogP contribution is 2.29. The van der Waals surface area contributed by atoms with Crippen LogP contribution < -0.4 is 14.8 Å². The van der Waals surface area contributed by atoms with E-state index >= 15 is 0 Å². The van der Waals surface area contributed by atoms with Crippen LogP contribution in [0, 0.1) is 6.92 Å². The van der Waals surface area contributed by atoms with Gasteiger partial charge in [-0.05, 0) is 49.1 Å². The molecule has 1 amide bonds. The van der Waals surface area contributed by atoms with Gasteiger partial charge in [-0.25, -0.2) is 0 Å². The molecule has 0 spiro atoms. The first-order valence-corrected chi connectivity index (χ1v) is 8.13. The number of carbonyl (C=O) groups is 1. The number of amides is 1. The molecule has 0 saturated carbocycles. The summed E-state index contributed by atoms with van der Waals surface area (Å²) in [7, 11) is 1.58. The van der Waals surface area contributed by atoms with Gasteiger partial charge in [-0.15, -0.1) is 0 Å². The van der Waals surface area contributed by atoms with Crippen LogP contribution in [-0.2, 0) is 4.79 Å². The second kappa shape index (κ2) is 7.86. The number of nitrogens with one attached hydrogen (secondary N) is 1. The molecule has 2 aromatic carbocycles. The quantitative estimate of drug-likeness (QED) is 0.848. The van der Waals surface area contributed by atoms with Crippen molar-refractivity contribution in [1.29, 1.82) is 0 Å². The number of benzene rings is 2. The van der Waals surface area contributed by atoms with Crippen LogP contribution in [0.2, 0.25) is 0 Å². The normalized spacial score (nSPS) is 11.9. The lowest BCUT2D eigenvalue weighted by Crippen LogP contribution is -2.30. The van der Waals surface area contributed by atoms with E-state index in [1.807, 2.05) is 25.1 Å². The number of ether oxygens (including phenoxy) is 2. The molecule has 0 fully saturated rings. The summed E-state index contributed by atoms with van der Waals surface area (Å²) in [4.78, 5) is 12.5. The number of rotatable bonds is 6. The Balaban J connectivity index is 2.13. The first kappa shape index (κ1) is 17.9. The highest BCUT2D eigenvalue weighted by atomic mass is 16.5. The van der Waals surface area contributed by atoms with Gasteiger partial charge in [-0.1, -0.05) is 38.1 Å². The molecule has 4 nitrogen and oxygen atoms in total. The molecule has 0 radical (unpaired) electrons. The summed E-state index contributed by atoms with van der Waals surface area (Å²) < 4.78 is 11.2. The molecule has 0 aromatic heterocycles. The fraction of sp³-hybridized carbons (Fsp3) is 0.350. The van der Waals surface area contributed by atoms with E-state index in [9.17, 15) is 4.79 Å². The molecule has 0 saturated heterocycles. The molecule has 0 bridgehead atoms. The van der Waals surface area contributed by atoms with Crippen molar-refractivity contribution in [2.75, 3.05) is 12.4 Å². The van der Waals surface area contributed by atoms with Gasteiger partial charge >= 0.3 is 0 Å². The van der Waals surface area contributed by atoms with E-state index in [1.165, 1.54) is 0 Å². The van der Waals surface area contributed by atoms with E-state index in [0.717, 1.165) is 16.9 Å². The topological polar surface area (TPSA) is 47.6 Å². The lowest BCUT2D eigenvalue weighted by molar-refractivity contribution is -0.122. The van der Waals surface area contributed by atoms with Gasteiger partial charge in [0.25, 0.3) is 5.91 Å². The van der Waals surface area contributed by atoms with Crippen LogP contribution in [0.25, 0.3) is 0 Å². The van der Waals surface area contributed by atoms with Crippen molar-refractivity contribution in [2.24, 2.45) is 0 Å². The van der Waals surface area contributed by atoms with Crippen LogP contribution >= 0.6 is 0 Å². The Labute approximate surface area is 143 Å². The number of para-hydroxylation sites is 2. The summed E-state index contributed by atoms with van der Waals surface area (Å²) in [6, 6.07) is 13.4. The molecule has 24 heavy (non-hydrogen) atoms. The SMILES string of the molecule is COc1ccccc1NC(=O)C(C)Oc1cc(C)ccc1C(C)C. The largest absolute Gasteiger partial charge is 0.495 e. The van der Waals surface area contributed by atoms with Crippen molar-refractivity contribution in [1.82, 2.24) is 0 Å². The van der Waals surface area contributed by atoms with E-state index < -0.39 is 6.10 Å². The van der Waals surface area contributed by atoms with E-state index in [4.69, 9.17) is 9.47 Å². The molecule has 0 aliphatic carbocycles. The molecular formula is C20H25NO3. The summed E-state index contributed by atoms with van der Waals surface area (Å²) in [6.07, 6.45) is -0.616. The molecule has 1 unspecified atom stereocenters. The van der Waals surface area contributed by atoms with Crippen molar-refractivity contribution < 1.29 is 14.3 Å². The molecule has 1 N–H and O–H groups in total. The van der Waals surface area contributed by atoms with Gasteiger partial charge in [0.2, 0.25) is 0 Å². The summed E-state index contributed by atoms with van der Waals surface area (Å²) in [5.74, 6) is 1.49. The Bertz CT molecular complexity index is 710. The van der Waals surface area contributed by atoms with Crippen LogP contribution in [0.1, 0.15) is 37.8 Å². The van der Waals surface area contributed by atoms with Crippen molar-refractivity contribution in [3.8, 4) is 11.5 Å². The molecule has 2 rings (SSSR count). The minimum atomic E-state index is -0.616. The number of anilines is 1. The summed E-state index contributed by atoms with van der Waals surface area (Å²) in [5.41, 5.74) is 2.83. The van der Waals surface area contributed by atoms with Crippen LogP contribution in [0.5, 0.6) is 11.5 Å². The number of hydrogen-bond acceptors (Lipinski definition) is 3. The van der Waals surface area contributed by atoms with Crippen LogP contribution in [0.4, 0.5) is 5.69 Å². The van der Waals surface area contributed by atoms with Crippen LogP contribution in [-0.4, -0.2) is 19.1 Å². The molecule has 0 heterocycles. The number of methoxy groups -OCH3 is 1. The summed E-state index contributed by atoms with van der Waals surface area (Å²) in [6.45, 7) is 7.97. The molecule has 0 aliphatic heterocycles. The Morgan fingerprint density at radius 1 is 1.04 bits per heavy atom. The highest BCUT2D eigenvalue weighted by Gasteiger charge is 2.19. The number of carbonyl (C=O) groups excluding carboxylic acids is 1. The molecule has 2 aromatic rings. The van der Waals surface area contributed by atoms with Gasteiger partial charge in [0.15, 0.2) is 6.10 Å². The maximum atomic E-state index is 12.5. The standard InChI is InChI=1S/C20H25NO3/c1-13(2)16-11-10-14(3)12-19(16)24-15(4)20(22)21-17-8-6-7-9-18(17)23-5/h6-13,15H,1-5H3,(H,21,22). The second-order valence-corrected chi connectivity index (χ2v) is 6.15. The highest BCUT2D eigenvalue weighted by molar-refractivity contribution is 5.95. The minimum Gasteiger partial charge on any atom is -0.495 e. The van der Waals surface area contributed by atoms with Crippen LogP contribution in [0.3, 0.4) is 0 Å². The molecule has 4 heteroatoms. The van der Waals surface area contributed by atoms with Crippen LogP contribution in [0.15, 0.2) is 42.5 Å². The van der Waals surface area contributed by atoms with E-state index in [2.05, 4.69) is 31.3 Å².